The van der Waals surface area contributed by atoms with Gasteiger partial charge in [-0.3, -0.25) is 0 Å². The van der Waals surface area contributed by atoms with Crippen molar-refractivity contribution in [2.24, 2.45) is 7.05 Å². The molecule has 4 aromatic rings. The number of hydrogen-bond donors (Lipinski definition) is 0. The molecule has 2 heterocycles. The Hall–Kier alpha value is -3.12. The number of furan rings is 1. The molecular formula is C24H23N2O+. The molecule has 4 rings (SSSR count). The monoisotopic (exact) mass is 355 g/mol. The van der Waals surface area contributed by atoms with Crippen LogP contribution in [0, 0.1) is 25.2 Å². The standard InChI is InChI=1S/C24H23N2O/c1-14(2)18-12-16(4)21(20-8-6-7-11-26(20)5)24-22(18)17-10-9-15(3)19(13-25)23(17)27-24/h6-12,14H,1-5H3/q+1. The number of nitriles is 1. The number of nitrogens with zero attached hydrogens (tertiary/aromatic N) is 2. The van der Waals surface area contributed by atoms with Crippen molar-refractivity contribution in [1.29, 1.82) is 5.26 Å². The van der Waals surface area contributed by atoms with Crippen molar-refractivity contribution in [2.75, 3.05) is 0 Å². The van der Waals surface area contributed by atoms with Gasteiger partial charge in [0.15, 0.2) is 11.8 Å². The van der Waals surface area contributed by atoms with Crippen molar-refractivity contribution in [3.05, 3.63) is 64.8 Å². The number of benzene rings is 2. The summed E-state index contributed by atoms with van der Waals surface area (Å²) >= 11 is 0. The molecule has 0 saturated carbocycles. The van der Waals surface area contributed by atoms with E-state index in [0.29, 0.717) is 17.1 Å². The molecule has 0 aliphatic heterocycles. The highest BCUT2D eigenvalue weighted by Crippen LogP contribution is 2.42. The Labute approximate surface area is 159 Å². The van der Waals surface area contributed by atoms with Crippen LogP contribution in [0.1, 0.15) is 42.0 Å². The molecule has 0 spiro atoms. The lowest BCUT2D eigenvalue weighted by atomic mass is 9.90. The number of hydrogen-bond acceptors (Lipinski definition) is 2. The van der Waals surface area contributed by atoms with E-state index >= 15 is 0 Å². The number of pyridine rings is 1. The van der Waals surface area contributed by atoms with E-state index in [2.05, 4.69) is 49.6 Å². The van der Waals surface area contributed by atoms with Gasteiger partial charge in [0, 0.05) is 22.9 Å². The SMILES string of the molecule is Cc1ccc2c(oc3c(-c4cccc[n+]4C)c(C)cc(C(C)C)c32)c1C#N. The quantitative estimate of drug-likeness (QED) is 0.433. The Morgan fingerprint density at radius 1 is 1.04 bits per heavy atom. The van der Waals surface area contributed by atoms with E-state index in [9.17, 15) is 5.26 Å². The fraction of sp³-hybridized carbons (Fsp3) is 0.250. The molecule has 0 aliphatic carbocycles. The number of fused-ring (bicyclic) bond motifs is 3. The molecule has 3 nitrogen and oxygen atoms in total. The van der Waals surface area contributed by atoms with E-state index in [0.717, 1.165) is 33.2 Å². The van der Waals surface area contributed by atoms with E-state index in [1.165, 1.54) is 11.1 Å². The van der Waals surface area contributed by atoms with Crippen LogP contribution in [-0.4, -0.2) is 0 Å². The van der Waals surface area contributed by atoms with E-state index < -0.39 is 0 Å². The van der Waals surface area contributed by atoms with Gasteiger partial charge in [0.05, 0.1) is 11.1 Å². The minimum absolute atomic E-state index is 0.359. The first-order valence-electron chi connectivity index (χ1n) is 9.28. The minimum Gasteiger partial charge on any atom is -0.454 e. The van der Waals surface area contributed by atoms with Gasteiger partial charge in [0.25, 0.3) is 0 Å². The largest absolute Gasteiger partial charge is 0.454 e. The number of aromatic nitrogens is 1. The van der Waals surface area contributed by atoms with Gasteiger partial charge in [-0.15, -0.1) is 0 Å². The molecule has 0 fully saturated rings. The Balaban J connectivity index is 2.26. The summed E-state index contributed by atoms with van der Waals surface area (Å²) in [6, 6.07) is 14.9. The summed E-state index contributed by atoms with van der Waals surface area (Å²) in [6.07, 6.45) is 2.05. The average Bonchev–Trinajstić information content (AvgIpc) is 3.01. The third-order valence-corrected chi connectivity index (χ3v) is 5.39. The van der Waals surface area contributed by atoms with Gasteiger partial charge in [0.2, 0.25) is 5.69 Å². The van der Waals surface area contributed by atoms with Gasteiger partial charge in [-0.25, -0.2) is 4.57 Å². The summed E-state index contributed by atoms with van der Waals surface area (Å²) in [5.74, 6) is 0.359. The predicted octanol–water partition coefficient (Wildman–Crippen LogP) is 5.69. The van der Waals surface area contributed by atoms with Crippen molar-refractivity contribution in [2.45, 2.75) is 33.6 Å². The van der Waals surface area contributed by atoms with Gasteiger partial charge >= 0.3 is 0 Å². The second-order valence-electron chi connectivity index (χ2n) is 7.56. The fourth-order valence-corrected chi connectivity index (χ4v) is 3.97. The van der Waals surface area contributed by atoms with Crippen LogP contribution in [0.15, 0.2) is 47.0 Å². The highest BCUT2D eigenvalue weighted by molar-refractivity contribution is 6.13. The summed E-state index contributed by atoms with van der Waals surface area (Å²) < 4.78 is 8.54. The van der Waals surface area contributed by atoms with Gasteiger partial charge in [0.1, 0.15) is 18.7 Å². The summed E-state index contributed by atoms with van der Waals surface area (Å²) in [7, 11) is 2.05. The Bertz CT molecular complexity index is 1240. The molecule has 27 heavy (non-hydrogen) atoms. The molecular weight excluding hydrogens is 332 g/mol. The lowest BCUT2D eigenvalue weighted by Crippen LogP contribution is -2.30. The first kappa shape index (κ1) is 17.3. The van der Waals surface area contributed by atoms with E-state index in [-0.39, 0.29) is 0 Å². The summed E-state index contributed by atoms with van der Waals surface area (Å²) in [4.78, 5) is 0. The third-order valence-electron chi connectivity index (χ3n) is 5.39. The lowest BCUT2D eigenvalue weighted by Gasteiger charge is -2.12. The molecule has 134 valence electrons. The zero-order chi connectivity index (χ0) is 19.3. The average molecular weight is 355 g/mol. The summed E-state index contributed by atoms with van der Waals surface area (Å²) in [6.45, 7) is 8.50. The Kier molecular flexibility index (Phi) is 4.00. The predicted molar refractivity (Wildman–Crippen MR) is 109 cm³/mol. The normalized spacial score (nSPS) is 11.4. The zero-order valence-electron chi connectivity index (χ0n) is 16.4. The Morgan fingerprint density at radius 3 is 2.48 bits per heavy atom. The molecule has 2 aromatic heterocycles. The second kappa shape index (κ2) is 6.25. The maximum absolute atomic E-state index is 9.69. The van der Waals surface area contributed by atoms with Crippen molar-refractivity contribution < 1.29 is 8.98 Å². The van der Waals surface area contributed by atoms with Crippen LogP contribution in [0.5, 0.6) is 0 Å². The van der Waals surface area contributed by atoms with Crippen molar-refractivity contribution in [3.8, 4) is 17.3 Å². The summed E-state index contributed by atoms with van der Waals surface area (Å²) in [5.41, 5.74) is 7.77. The molecule has 2 aromatic carbocycles. The van der Waals surface area contributed by atoms with Crippen LogP contribution >= 0.6 is 0 Å². The number of aryl methyl sites for hydroxylation is 3. The van der Waals surface area contributed by atoms with Crippen molar-refractivity contribution in [1.82, 2.24) is 0 Å². The molecule has 0 atom stereocenters. The summed E-state index contributed by atoms with van der Waals surface area (Å²) in [5, 5.41) is 11.8. The topological polar surface area (TPSA) is 40.8 Å². The van der Waals surface area contributed by atoms with Gasteiger partial charge < -0.3 is 4.42 Å². The van der Waals surface area contributed by atoms with Crippen LogP contribution in [0.25, 0.3) is 33.2 Å². The molecule has 0 bridgehead atoms. The van der Waals surface area contributed by atoms with Crippen LogP contribution in [0.2, 0.25) is 0 Å². The highest BCUT2D eigenvalue weighted by atomic mass is 16.3. The molecule has 3 heteroatoms. The van der Waals surface area contributed by atoms with E-state index in [1.807, 2.05) is 38.4 Å². The molecule has 0 saturated heterocycles. The van der Waals surface area contributed by atoms with Gasteiger partial charge in [-0.05, 0) is 42.5 Å². The first-order chi connectivity index (χ1) is 12.9. The second-order valence-corrected chi connectivity index (χ2v) is 7.56. The van der Waals surface area contributed by atoms with Crippen molar-refractivity contribution >= 4 is 21.9 Å². The number of rotatable bonds is 2. The van der Waals surface area contributed by atoms with Crippen LogP contribution in [0.3, 0.4) is 0 Å². The molecule has 0 aliphatic rings. The van der Waals surface area contributed by atoms with Crippen LogP contribution in [-0.2, 0) is 7.05 Å². The van der Waals surface area contributed by atoms with Gasteiger partial charge in [-0.2, -0.15) is 5.26 Å². The maximum Gasteiger partial charge on any atom is 0.216 e. The lowest BCUT2D eigenvalue weighted by molar-refractivity contribution is -0.660. The molecule has 0 unspecified atom stereocenters. The van der Waals surface area contributed by atoms with Gasteiger partial charge in [-0.1, -0.05) is 32.0 Å². The zero-order valence-corrected chi connectivity index (χ0v) is 16.4. The molecule has 0 radical (unpaired) electrons. The smallest absolute Gasteiger partial charge is 0.216 e. The maximum atomic E-state index is 9.69. The van der Waals surface area contributed by atoms with Crippen molar-refractivity contribution in [3.63, 3.8) is 0 Å². The first-order valence-corrected chi connectivity index (χ1v) is 9.28. The highest BCUT2D eigenvalue weighted by Gasteiger charge is 2.25. The fourth-order valence-electron chi connectivity index (χ4n) is 3.97. The van der Waals surface area contributed by atoms with E-state index in [4.69, 9.17) is 4.42 Å². The van der Waals surface area contributed by atoms with Crippen LogP contribution in [0.4, 0.5) is 0 Å². The molecule has 0 N–H and O–H groups in total. The molecule has 0 amide bonds. The third kappa shape index (κ3) is 2.52. The van der Waals surface area contributed by atoms with E-state index in [1.54, 1.807) is 0 Å². The van der Waals surface area contributed by atoms with Crippen LogP contribution < -0.4 is 4.57 Å². The minimum atomic E-state index is 0.359. The Morgan fingerprint density at radius 2 is 1.81 bits per heavy atom.